The molecular formula is C23H18Cl2N4OS. The maximum Gasteiger partial charge on any atom is 0.268 e. The number of amides is 1. The minimum atomic E-state index is -0.513. The predicted octanol–water partition coefficient (Wildman–Crippen LogP) is 5.55. The maximum atomic E-state index is 12.6. The van der Waals surface area contributed by atoms with Gasteiger partial charge in [-0.05, 0) is 35.8 Å². The molecular weight excluding hydrogens is 451 g/mol. The average Bonchev–Trinajstić information content (AvgIpc) is 3.15. The van der Waals surface area contributed by atoms with E-state index in [1.165, 1.54) is 27.9 Å². The van der Waals surface area contributed by atoms with Crippen LogP contribution in [0.2, 0.25) is 10.0 Å². The number of nitriles is 1. The molecule has 2 heterocycles. The van der Waals surface area contributed by atoms with Gasteiger partial charge in [-0.2, -0.15) is 5.26 Å². The number of benzene rings is 2. The summed E-state index contributed by atoms with van der Waals surface area (Å²) in [5.41, 5.74) is 2.74. The molecule has 0 bridgehead atoms. The highest BCUT2D eigenvalue weighted by atomic mass is 35.5. The number of nitrogens with zero attached hydrogens (tertiary/aromatic N) is 3. The number of fused-ring (bicyclic) bond motifs is 1. The quantitative estimate of drug-likeness (QED) is 0.393. The van der Waals surface area contributed by atoms with Crippen LogP contribution in [0.25, 0.3) is 6.08 Å². The van der Waals surface area contributed by atoms with Crippen LogP contribution in [0.4, 0.5) is 5.13 Å². The van der Waals surface area contributed by atoms with Crippen LogP contribution in [-0.4, -0.2) is 22.3 Å². The SMILES string of the molecule is N#C/C(=C/c1ccc(Cl)cc1Cl)C(=O)Nc1nc2c(s1)CCN(Cc1ccccc1)C2. The fourth-order valence-corrected chi connectivity index (χ4v) is 4.79. The number of carbonyl (C=O) groups excluding carboxylic acids is 1. The molecule has 1 aliphatic heterocycles. The van der Waals surface area contributed by atoms with Crippen LogP contribution in [0.1, 0.15) is 21.7 Å². The fourth-order valence-electron chi connectivity index (χ4n) is 3.37. The van der Waals surface area contributed by atoms with Gasteiger partial charge < -0.3 is 0 Å². The average molecular weight is 469 g/mol. The zero-order valence-electron chi connectivity index (χ0n) is 16.4. The molecule has 0 saturated carbocycles. The number of rotatable bonds is 5. The number of carbonyl (C=O) groups is 1. The van der Waals surface area contributed by atoms with Crippen molar-refractivity contribution in [2.45, 2.75) is 19.5 Å². The van der Waals surface area contributed by atoms with Gasteiger partial charge in [0.15, 0.2) is 5.13 Å². The summed E-state index contributed by atoms with van der Waals surface area (Å²) >= 11 is 13.5. The summed E-state index contributed by atoms with van der Waals surface area (Å²) in [6.07, 6.45) is 2.33. The first-order valence-electron chi connectivity index (χ1n) is 9.65. The molecule has 31 heavy (non-hydrogen) atoms. The number of thiazole rings is 1. The largest absolute Gasteiger partial charge is 0.297 e. The molecule has 0 spiro atoms. The van der Waals surface area contributed by atoms with E-state index in [0.29, 0.717) is 20.7 Å². The molecule has 0 aliphatic carbocycles. The summed E-state index contributed by atoms with van der Waals surface area (Å²) in [5.74, 6) is -0.513. The van der Waals surface area contributed by atoms with E-state index in [9.17, 15) is 10.1 Å². The van der Waals surface area contributed by atoms with E-state index in [4.69, 9.17) is 23.2 Å². The van der Waals surface area contributed by atoms with Crippen molar-refractivity contribution < 1.29 is 4.79 Å². The minimum Gasteiger partial charge on any atom is -0.297 e. The highest BCUT2D eigenvalue weighted by molar-refractivity contribution is 7.15. The molecule has 1 aliphatic rings. The van der Waals surface area contributed by atoms with Crippen LogP contribution in [0.15, 0.2) is 54.1 Å². The van der Waals surface area contributed by atoms with Gasteiger partial charge in [-0.1, -0.05) is 59.6 Å². The summed E-state index contributed by atoms with van der Waals surface area (Å²) < 4.78 is 0. The van der Waals surface area contributed by atoms with E-state index in [1.54, 1.807) is 18.2 Å². The Hall–Kier alpha value is -2.69. The van der Waals surface area contributed by atoms with E-state index < -0.39 is 5.91 Å². The van der Waals surface area contributed by atoms with E-state index in [1.807, 2.05) is 24.3 Å². The Labute approximate surface area is 194 Å². The Morgan fingerprint density at radius 3 is 2.81 bits per heavy atom. The topological polar surface area (TPSA) is 69.0 Å². The third kappa shape index (κ3) is 5.33. The summed E-state index contributed by atoms with van der Waals surface area (Å²) in [7, 11) is 0. The molecule has 0 fully saturated rings. The van der Waals surface area contributed by atoms with E-state index in [-0.39, 0.29) is 5.57 Å². The molecule has 1 amide bonds. The van der Waals surface area contributed by atoms with Crippen LogP contribution in [0.3, 0.4) is 0 Å². The molecule has 2 aromatic carbocycles. The molecule has 8 heteroatoms. The van der Waals surface area contributed by atoms with Crippen molar-refractivity contribution >= 4 is 51.7 Å². The van der Waals surface area contributed by atoms with Gasteiger partial charge in [0.2, 0.25) is 0 Å². The lowest BCUT2D eigenvalue weighted by Gasteiger charge is -2.25. The summed E-state index contributed by atoms with van der Waals surface area (Å²) in [6.45, 7) is 2.54. The van der Waals surface area contributed by atoms with Crippen molar-refractivity contribution in [2.24, 2.45) is 0 Å². The van der Waals surface area contributed by atoms with Crippen LogP contribution in [0.5, 0.6) is 0 Å². The van der Waals surface area contributed by atoms with Crippen molar-refractivity contribution in [3.63, 3.8) is 0 Å². The molecule has 0 saturated heterocycles. The van der Waals surface area contributed by atoms with Gasteiger partial charge in [0, 0.05) is 34.6 Å². The molecule has 1 N–H and O–H groups in total. The first-order valence-corrected chi connectivity index (χ1v) is 11.2. The number of nitrogens with one attached hydrogen (secondary N) is 1. The van der Waals surface area contributed by atoms with Crippen LogP contribution >= 0.6 is 34.5 Å². The molecule has 0 unspecified atom stereocenters. The molecule has 0 radical (unpaired) electrons. The van der Waals surface area contributed by atoms with Crippen molar-refractivity contribution in [1.29, 1.82) is 5.26 Å². The predicted molar refractivity (Wildman–Crippen MR) is 125 cm³/mol. The Balaban J connectivity index is 1.45. The van der Waals surface area contributed by atoms with Gasteiger partial charge in [-0.3, -0.25) is 15.0 Å². The van der Waals surface area contributed by atoms with Gasteiger partial charge in [-0.25, -0.2) is 4.98 Å². The summed E-state index contributed by atoms with van der Waals surface area (Å²) in [5, 5.41) is 13.6. The monoisotopic (exact) mass is 468 g/mol. The van der Waals surface area contributed by atoms with Crippen LogP contribution < -0.4 is 5.32 Å². The van der Waals surface area contributed by atoms with Crippen molar-refractivity contribution in [3.8, 4) is 6.07 Å². The van der Waals surface area contributed by atoms with E-state index in [2.05, 4.69) is 27.3 Å². The zero-order chi connectivity index (χ0) is 21.8. The maximum absolute atomic E-state index is 12.6. The van der Waals surface area contributed by atoms with Gasteiger partial charge in [0.05, 0.1) is 5.69 Å². The Morgan fingerprint density at radius 1 is 1.26 bits per heavy atom. The Bertz CT molecular complexity index is 1180. The smallest absolute Gasteiger partial charge is 0.268 e. The standard InChI is InChI=1S/C23H18Cl2N4OS/c24-18-7-6-16(19(25)11-18)10-17(12-26)22(30)28-23-27-20-14-29(9-8-21(20)31-23)13-15-4-2-1-3-5-15/h1-7,10-11H,8-9,13-14H2,(H,27,28,30)/b17-10-. The van der Waals surface area contributed by atoms with Gasteiger partial charge in [0.25, 0.3) is 5.91 Å². The van der Waals surface area contributed by atoms with Gasteiger partial charge >= 0.3 is 0 Å². The summed E-state index contributed by atoms with van der Waals surface area (Å²) in [6, 6.07) is 17.1. The molecule has 5 nitrogen and oxygen atoms in total. The normalized spacial score (nSPS) is 14.0. The third-order valence-corrected chi connectivity index (χ3v) is 6.54. The fraction of sp³-hybridized carbons (Fsp3) is 0.174. The molecule has 4 rings (SSSR count). The zero-order valence-corrected chi connectivity index (χ0v) is 18.8. The van der Waals surface area contributed by atoms with Crippen molar-refractivity contribution in [1.82, 2.24) is 9.88 Å². The van der Waals surface area contributed by atoms with Gasteiger partial charge in [0.1, 0.15) is 11.6 Å². The van der Waals surface area contributed by atoms with Crippen LogP contribution in [0, 0.1) is 11.3 Å². The van der Waals surface area contributed by atoms with E-state index >= 15 is 0 Å². The second-order valence-electron chi connectivity index (χ2n) is 7.12. The van der Waals surface area contributed by atoms with Crippen LogP contribution in [-0.2, 0) is 24.3 Å². The first kappa shape index (κ1) is 21.5. The second-order valence-corrected chi connectivity index (χ2v) is 9.05. The first-order chi connectivity index (χ1) is 15.0. The highest BCUT2D eigenvalue weighted by Crippen LogP contribution is 2.29. The van der Waals surface area contributed by atoms with E-state index in [0.717, 1.165) is 31.7 Å². The number of halogens is 2. The summed E-state index contributed by atoms with van der Waals surface area (Å²) in [4.78, 5) is 20.7. The molecule has 0 atom stereocenters. The van der Waals surface area contributed by atoms with Crippen molar-refractivity contribution in [2.75, 3.05) is 11.9 Å². The number of aromatic nitrogens is 1. The lowest BCUT2D eigenvalue weighted by atomic mass is 10.1. The lowest BCUT2D eigenvalue weighted by Crippen LogP contribution is -2.29. The third-order valence-electron chi connectivity index (χ3n) is 4.90. The lowest BCUT2D eigenvalue weighted by molar-refractivity contribution is -0.112. The van der Waals surface area contributed by atoms with Gasteiger partial charge in [-0.15, -0.1) is 11.3 Å². The Morgan fingerprint density at radius 2 is 2.06 bits per heavy atom. The number of hydrogen-bond donors (Lipinski definition) is 1. The van der Waals surface area contributed by atoms with Crippen molar-refractivity contribution in [3.05, 3.63) is 85.8 Å². The highest BCUT2D eigenvalue weighted by Gasteiger charge is 2.22. The minimum absolute atomic E-state index is 0.0527. The Kier molecular flexibility index (Phi) is 6.69. The number of anilines is 1. The second kappa shape index (κ2) is 9.63. The molecule has 3 aromatic rings. The molecule has 1 aromatic heterocycles. The molecule has 156 valence electrons. The number of hydrogen-bond acceptors (Lipinski definition) is 5.